The number of rotatable bonds is 4. The van der Waals surface area contributed by atoms with Crippen molar-refractivity contribution in [2.45, 2.75) is 45.4 Å². The molecule has 1 heterocycles. The van der Waals surface area contributed by atoms with Crippen molar-refractivity contribution in [3.8, 4) is 0 Å². The van der Waals surface area contributed by atoms with Crippen LogP contribution in [0.25, 0.3) is 0 Å². The second kappa shape index (κ2) is 5.93. The van der Waals surface area contributed by atoms with Crippen molar-refractivity contribution in [2.75, 3.05) is 18.0 Å². The van der Waals surface area contributed by atoms with Gasteiger partial charge in [-0.1, -0.05) is 25.5 Å². The highest BCUT2D eigenvalue weighted by Gasteiger charge is 2.10. The van der Waals surface area contributed by atoms with E-state index in [9.17, 15) is 0 Å². The average Bonchev–Trinajstić information content (AvgIpc) is 2.38. The minimum atomic E-state index is 1.23. The lowest BCUT2D eigenvalue weighted by atomic mass is 10.1. The van der Waals surface area contributed by atoms with Gasteiger partial charge in [-0.05, 0) is 49.8 Å². The van der Waals surface area contributed by atoms with Crippen molar-refractivity contribution in [1.29, 1.82) is 0 Å². The Morgan fingerprint density at radius 2 is 1.69 bits per heavy atom. The normalized spacial score (nSPS) is 16.4. The molecule has 0 radical (unpaired) electrons. The predicted octanol–water partition coefficient (Wildman–Crippen LogP) is 4.02. The number of benzene rings is 1. The number of hydrogen-bond acceptors (Lipinski definition) is 1. The topological polar surface area (TPSA) is 3.24 Å². The lowest BCUT2D eigenvalue weighted by Gasteiger charge is -2.28. The molecular weight excluding hydrogens is 194 g/mol. The van der Waals surface area contributed by atoms with Crippen LogP contribution in [-0.2, 0) is 6.42 Å². The summed E-state index contributed by atoms with van der Waals surface area (Å²) in [4.78, 5) is 2.52. The van der Waals surface area contributed by atoms with E-state index in [0.29, 0.717) is 0 Å². The van der Waals surface area contributed by atoms with Crippen LogP contribution < -0.4 is 4.90 Å². The van der Waals surface area contributed by atoms with Gasteiger partial charge in [0.25, 0.3) is 0 Å². The number of anilines is 1. The third kappa shape index (κ3) is 3.01. The highest BCUT2D eigenvalue weighted by atomic mass is 15.1. The van der Waals surface area contributed by atoms with Crippen molar-refractivity contribution in [2.24, 2.45) is 0 Å². The van der Waals surface area contributed by atoms with E-state index < -0.39 is 0 Å². The van der Waals surface area contributed by atoms with Crippen LogP contribution in [0.1, 0.15) is 44.6 Å². The van der Waals surface area contributed by atoms with Crippen molar-refractivity contribution in [3.05, 3.63) is 29.8 Å². The molecule has 1 fully saturated rings. The van der Waals surface area contributed by atoms with Crippen LogP contribution in [0.5, 0.6) is 0 Å². The van der Waals surface area contributed by atoms with Crippen molar-refractivity contribution >= 4 is 5.69 Å². The van der Waals surface area contributed by atoms with Gasteiger partial charge in [-0.2, -0.15) is 0 Å². The molecule has 0 spiro atoms. The Hall–Kier alpha value is -0.980. The minimum Gasteiger partial charge on any atom is -0.372 e. The van der Waals surface area contributed by atoms with Crippen LogP contribution in [-0.4, -0.2) is 13.1 Å². The molecule has 1 heteroatoms. The summed E-state index contributed by atoms with van der Waals surface area (Å²) in [6.07, 6.45) is 7.95. The van der Waals surface area contributed by atoms with Gasteiger partial charge in [0, 0.05) is 18.8 Å². The van der Waals surface area contributed by atoms with Gasteiger partial charge < -0.3 is 4.90 Å². The third-order valence-corrected chi connectivity index (χ3v) is 3.48. The van der Waals surface area contributed by atoms with Gasteiger partial charge in [0.15, 0.2) is 0 Å². The Bertz CT molecular complexity index is 296. The molecule has 1 aliphatic heterocycles. The highest BCUT2D eigenvalue weighted by Crippen LogP contribution is 2.20. The van der Waals surface area contributed by atoms with Crippen LogP contribution >= 0.6 is 0 Å². The Morgan fingerprint density at radius 1 is 1.00 bits per heavy atom. The van der Waals surface area contributed by atoms with E-state index in [-0.39, 0.29) is 0 Å². The van der Waals surface area contributed by atoms with E-state index in [1.807, 2.05) is 0 Å². The van der Waals surface area contributed by atoms with Crippen LogP contribution in [0.15, 0.2) is 24.3 Å². The van der Waals surface area contributed by atoms with Crippen molar-refractivity contribution < 1.29 is 0 Å². The van der Waals surface area contributed by atoms with E-state index in [1.54, 1.807) is 0 Å². The van der Waals surface area contributed by atoms with Crippen molar-refractivity contribution in [3.63, 3.8) is 0 Å². The van der Waals surface area contributed by atoms with E-state index in [1.165, 1.54) is 62.9 Å². The quantitative estimate of drug-likeness (QED) is 0.736. The molecule has 1 aromatic rings. The van der Waals surface area contributed by atoms with Gasteiger partial charge in [-0.3, -0.25) is 0 Å². The summed E-state index contributed by atoms with van der Waals surface area (Å²) >= 11 is 0. The Kier molecular flexibility index (Phi) is 4.26. The average molecular weight is 217 g/mol. The smallest absolute Gasteiger partial charge is 0.0366 e. The molecule has 0 N–H and O–H groups in total. The third-order valence-electron chi connectivity index (χ3n) is 3.48. The van der Waals surface area contributed by atoms with Gasteiger partial charge in [-0.15, -0.1) is 0 Å². The molecule has 1 aromatic carbocycles. The summed E-state index contributed by atoms with van der Waals surface area (Å²) in [5, 5.41) is 0. The molecule has 0 aliphatic carbocycles. The molecule has 0 saturated carbocycles. The summed E-state index contributed by atoms with van der Waals surface area (Å²) in [5.74, 6) is 0. The van der Waals surface area contributed by atoms with Gasteiger partial charge in [-0.25, -0.2) is 0 Å². The molecule has 0 unspecified atom stereocenters. The fraction of sp³-hybridized carbons (Fsp3) is 0.600. The molecular formula is C15H23N. The maximum absolute atomic E-state index is 2.52. The summed E-state index contributed by atoms with van der Waals surface area (Å²) in [6, 6.07) is 9.21. The van der Waals surface area contributed by atoms with E-state index in [2.05, 4.69) is 36.1 Å². The zero-order valence-corrected chi connectivity index (χ0v) is 10.4. The molecule has 16 heavy (non-hydrogen) atoms. The standard InChI is InChI=1S/C15H23N/c1-2-3-7-14-8-10-15(11-9-14)16-12-5-4-6-13-16/h8-11H,2-7,12-13H2,1H3. The zero-order valence-electron chi connectivity index (χ0n) is 10.4. The van der Waals surface area contributed by atoms with E-state index in [4.69, 9.17) is 0 Å². The summed E-state index contributed by atoms with van der Waals surface area (Å²) in [6.45, 7) is 4.74. The molecule has 1 saturated heterocycles. The fourth-order valence-corrected chi connectivity index (χ4v) is 2.41. The number of unbranched alkanes of at least 4 members (excludes halogenated alkanes) is 1. The maximum atomic E-state index is 2.52. The lowest BCUT2D eigenvalue weighted by Crippen LogP contribution is -2.29. The number of piperidine rings is 1. The first kappa shape index (κ1) is 11.5. The summed E-state index contributed by atoms with van der Waals surface area (Å²) in [7, 11) is 0. The molecule has 88 valence electrons. The Labute approximate surface area is 99.5 Å². The summed E-state index contributed by atoms with van der Waals surface area (Å²) in [5.41, 5.74) is 2.91. The Balaban J connectivity index is 1.95. The molecule has 1 nitrogen and oxygen atoms in total. The maximum Gasteiger partial charge on any atom is 0.0366 e. The first-order valence-corrected chi connectivity index (χ1v) is 6.74. The predicted molar refractivity (Wildman–Crippen MR) is 71.1 cm³/mol. The zero-order chi connectivity index (χ0) is 11.2. The van der Waals surface area contributed by atoms with Gasteiger partial charge in [0.05, 0.1) is 0 Å². The van der Waals surface area contributed by atoms with Crippen molar-refractivity contribution in [1.82, 2.24) is 0 Å². The monoisotopic (exact) mass is 217 g/mol. The fourth-order valence-electron chi connectivity index (χ4n) is 2.41. The van der Waals surface area contributed by atoms with E-state index in [0.717, 1.165) is 0 Å². The molecule has 0 aromatic heterocycles. The molecule has 0 atom stereocenters. The SMILES string of the molecule is CCCCc1ccc(N2CCCCC2)cc1. The second-order valence-corrected chi connectivity index (χ2v) is 4.82. The lowest BCUT2D eigenvalue weighted by molar-refractivity contribution is 0.578. The molecule has 0 bridgehead atoms. The molecule has 2 rings (SSSR count). The number of hydrogen-bond donors (Lipinski definition) is 0. The molecule has 0 amide bonds. The van der Waals surface area contributed by atoms with Crippen LogP contribution in [0.2, 0.25) is 0 Å². The Morgan fingerprint density at radius 3 is 2.31 bits per heavy atom. The van der Waals surface area contributed by atoms with Gasteiger partial charge in [0.1, 0.15) is 0 Å². The minimum absolute atomic E-state index is 1.23. The molecule has 1 aliphatic rings. The largest absolute Gasteiger partial charge is 0.372 e. The van der Waals surface area contributed by atoms with Gasteiger partial charge in [0.2, 0.25) is 0 Å². The van der Waals surface area contributed by atoms with Crippen LogP contribution in [0.3, 0.4) is 0 Å². The van der Waals surface area contributed by atoms with E-state index >= 15 is 0 Å². The second-order valence-electron chi connectivity index (χ2n) is 4.82. The number of nitrogens with zero attached hydrogens (tertiary/aromatic N) is 1. The van der Waals surface area contributed by atoms with Crippen LogP contribution in [0.4, 0.5) is 5.69 Å². The highest BCUT2D eigenvalue weighted by molar-refractivity contribution is 5.47. The first-order chi connectivity index (χ1) is 7.90. The number of aryl methyl sites for hydroxylation is 1. The summed E-state index contributed by atoms with van der Waals surface area (Å²) < 4.78 is 0. The van der Waals surface area contributed by atoms with Crippen LogP contribution in [0, 0.1) is 0 Å². The first-order valence-electron chi connectivity index (χ1n) is 6.74. The van der Waals surface area contributed by atoms with Gasteiger partial charge >= 0.3 is 0 Å².